The monoisotopic (exact) mass is 709 g/mol. The zero-order valence-electron chi connectivity index (χ0n) is 29.6. The predicted octanol–water partition coefficient (Wildman–Crippen LogP) is 3.27. The maximum atomic E-state index is 14.2. The van der Waals surface area contributed by atoms with E-state index in [-0.39, 0.29) is 44.4 Å². The van der Waals surface area contributed by atoms with Gasteiger partial charge in [-0.3, -0.25) is 29.8 Å². The Morgan fingerprint density at radius 2 is 1.55 bits per heavy atom. The molecule has 1 aliphatic heterocycles. The summed E-state index contributed by atoms with van der Waals surface area (Å²) >= 11 is 0. The molecule has 0 saturated carbocycles. The first kappa shape index (κ1) is 39.2. The number of aromatic nitrogens is 2. The topological polar surface area (TPSA) is 188 Å². The SMILES string of the molecule is CC(C)CC(NC(=O)N1CCCCCC1)C(=O)NC(Cc1cn(C)c2ccccc12)C(=O)N[C@H](Cc1ccccn1)C(=O)OCCCON(O)O. The third-order valence-corrected chi connectivity index (χ3v) is 8.73. The van der Waals surface area contributed by atoms with Crippen LogP contribution < -0.4 is 16.0 Å². The van der Waals surface area contributed by atoms with E-state index in [4.69, 9.17) is 15.2 Å². The average molecular weight is 710 g/mol. The van der Waals surface area contributed by atoms with Crippen molar-refractivity contribution >= 4 is 34.7 Å². The van der Waals surface area contributed by atoms with E-state index < -0.39 is 41.3 Å². The van der Waals surface area contributed by atoms with E-state index in [2.05, 4.69) is 25.8 Å². The summed E-state index contributed by atoms with van der Waals surface area (Å²) in [6.45, 7) is 4.91. The highest BCUT2D eigenvalue weighted by atomic mass is 17.1. The molecule has 15 nitrogen and oxygen atoms in total. The number of hydrogen-bond donors (Lipinski definition) is 5. The number of fused-ring (bicyclic) bond motifs is 1. The number of carbonyl (C=O) groups is 4. The number of amides is 4. The van der Waals surface area contributed by atoms with Crippen LogP contribution >= 0.6 is 0 Å². The third kappa shape index (κ3) is 12.3. The molecule has 3 heterocycles. The highest BCUT2D eigenvalue weighted by Gasteiger charge is 2.32. The molecule has 15 heteroatoms. The molecule has 1 saturated heterocycles. The van der Waals surface area contributed by atoms with Gasteiger partial charge in [0.25, 0.3) is 0 Å². The molecule has 0 bridgehead atoms. The van der Waals surface area contributed by atoms with Crippen LogP contribution in [0.3, 0.4) is 0 Å². The average Bonchev–Trinajstić information content (AvgIpc) is 3.24. The van der Waals surface area contributed by atoms with Gasteiger partial charge in [-0.15, -0.1) is 0 Å². The van der Waals surface area contributed by atoms with Crippen molar-refractivity contribution in [2.24, 2.45) is 13.0 Å². The molecule has 4 amide bonds. The molecular weight excluding hydrogens is 658 g/mol. The number of ether oxygens (including phenoxy) is 1. The molecule has 3 aromatic rings. The lowest BCUT2D eigenvalue weighted by Gasteiger charge is -2.28. The lowest BCUT2D eigenvalue weighted by atomic mass is 10.0. The lowest BCUT2D eigenvalue weighted by Crippen LogP contribution is -2.58. The number of benzene rings is 1. The Labute approximate surface area is 298 Å². The first-order chi connectivity index (χ1) is 24.5. The normalized spacial score (nSPS) is 15.2. The number of likely N-dealkylation sites (tertiary alicyclic amines) is 1. The molecule has 5 N–H and O–H groups in total. The van der Waals surface area contributed by atoms with Gasteiger partial charge in [0.1, 0.15) is 18.1 Å². The fraction of sp³-hybridized carbons (Fsp3) is 0.528. The standard InChI is InChI=1S/C36H51N7O8/c1-25(2)21-29(40-36(47)42-17-10-4-5-11-18-42)33(44)38-30(22-26-24-41(3)32-15-7-6-14-28(26)32)34(45)39-31(23-27-13-8-9-16-37-27)35(46)50-19-12-20-51-43(48)49/h6-9,13-16,24-25,29-31,48-49H,4-5,10-12,17-23H2,1-3H3,(H,38,44)(H,39,45)(H,40,47)/t29?,30?,31-/m1/s1. The maximum Gasteiger partial charge on any atom is 0.329 e. The molecule has 0 radical (unpaired) electrons. The summed E-state index contributed by atoms with van der Waals surface area (Å²) in [6.07, 6.45) is 8.03. The van der Waals surface area contributed by atoms with Crippen LogP contribution in [0, 0.1) is 5.92 Å². The Morgan fingerprint density at radius 3 is 2.24 bits per heavy atom. The van der Waals surface area contributed by atoms with E-state index in [0.717, 1.165) is 42.1 Å². The highest BCUT2D eigenvalue weighted by Crippen LogP contribution is 2.22. The Hall–Kier alpha value is -4.57. The van der Waals surface area contributed by atoms with Crippen LogP contribution in [0.15, 0.2) is 54.9 Å². The van der Waals surface area contributed by atoms with Gasteiger partial charge in [0.2, 0.25) is 11.8 Å². The van der Waals surface area contributed by atoms with Gasteiger partial charge in [-0.2, -0.15) is 0 Å². The molecule has 4 rings (SSSR count). The van der Waals surface area contributed by atoms with Crippen molar-refractivity contribution in [2.45, 2.75) is 83.3 Å². The van der Waals surface area contributed by atoms with Crippen molar-refractivity contribution in [1.29, 1.82) is 0 Å². The largest absolute Gasteiger partial charge is 0.464 e. The fourth-order valence-electron chi connectivity index (χ4n) is 6.18. The summed E-state index contributed by atoms with van der Waals surface area (Å²) in [5, 5.41) is 26.6. The third-order valence-electron chi connectivity index (χ3n) is 8.73. The number of para-hydroxylation sites is 1. The van der Waals surface area contributed by atoms with Crippen LogP contribution in [-0.4, -0.2) is 98.5 Å². The van der Waals surface area contributed by atoms with Crippen molar-refractivity contribution in [3.8, 4) is 0 Å². The van der Waals surface area contributed by atoms with Crippen LogP contribution in [0.25, 0.3) is 10.9 Å². The van der Waals surface area contributed by atoms with Gasteiger partial charge in [-0.25, -0.2) is 9.59 Å². The first-order valence-electron chi connectivity index (χ1n) is 17.6. The Balaban J connectivity index is 1.57. The smallest absolute Gasteiger partial charge is 0.329 e. The Kier molecular flexibility index (Phi) is 15.2. The van der Waals surface area contributed by atoms with Crippen molar-refractivity contribution in [3.63, 3.8) is 0 Å². The second-order valence-electron chi connectivity index (χ2n) is 13.3. The molecule has 1 aromatic carbocycles. The van der Waals surface area contributed by atoms with E-state index in [9.17, 15) is 19.2 Å². The molecule has 278 valence electrons. The minimum absolute atomic E-state index is 0.0137. The minimum Gasteiger partial charge on any atom is -0.464 e. The summed E-state index contributed by atoms with van der Waals surface area (Å²) in [5.41, 5.74) is 2.29. The number of carbonyl (C=O) groups excluding carboxylic acids is 4. The van der Waals surface area contributed by atoms with Crippen LogP contribution in [-0.2, 0) is 43.8 Å². The summed E-state index contributed by atoms with van der Waals surface area (Å²) < 4.78 is 7.35. The van der Waals surface area contributed by atoms with Crippen LogP contribution in [0.4, 0.5) is 4.79 Å². The second kappa shape index (κ2) is 19.7. The lowest BCUT2D eigenvalue weighted by molar-refractivity contribution is -0.492. The predicted molar refractivity (Wildman–Crippen MR) is 187 cm³/mol. The Bertz CT molecular complexity index is 1570. The number of esters is 1. The van der Waals surface area contributed by atoms with E-state index >= 15 is 0 Å². The minimum atomic E-state index is -1.17. The number of urea groups is 1. The molecule has 2 unspecified atom stereocenters. The van der Waals surface area contributed by atoms with E-state index in [0.29, 0.717) is 25.2 Å². The number of pyridine rings is 1. The van der Waals surface area contributed by atoms with E-state index in [1.165, 1.54) is 0 Å². The number of hydrogen-bond acceptors (Lipinski definition) is 10. The zero-order chi connectivity index (χ0) is 36.8. The van der Waals surface area contributed by atoms with Crippen LogP contribution in [0.1, 0.15) is 63.6 Å². The fourth-order valence-corrected chi connectivity index (χ4v) is 6.18. The van der Waals surface area contributed by atoms with Gasteiger partial charge in [-0.1, -0.05) is 51.0 Å². The van der Waals surface area contributed by atoms with Crippen molar-refractivity contribution in [1.82, 2.24) is 35.8 Å². The van der Waals surface area contributed by atoms with Crippen molar-refractivity contribution < 1.29 is 39.2 Å². The van der Waals surface area contributed by atoms with Crippen molar-refractivity contribution in [3.05, 3.63) is 66.1 Å². The first-order valence-corrected chi connectivity index (χ1v) is 17.6. The molecule has 3 atom stereocenters. The molecule has 51 heavy (non-hydrogen) atoms. The van der Waals surface area contributed by atoms with Gasteiger partial charge in [0.15, 0.2) is 0 Å². The zero-order valence-corrected chi connectivity index (χ0v) is 29.6. The van der Waals surface area contributed by atoms with E-state index in [1.807, 2.05) is 55.9 Å². The van der Waals surface area contributed by atoms with Gasteiger partial charge in [-0.05, 0) is 48.9 Å². The van der Waals surface area contributed by atoms with Gasteiger partial charge in [0.05, 0.1) is 18.6 Å². The summed E-state index contributed by atoms with van der Waals surface area (Å²) in [6, 6.07) is 9.46. The number of aryl methyl sites for hydroxylation is 1. The number of rotatable bonds is 17. The van der Waals surface area contributed by atoms with E-state index in [1.54, 1.807) is 29.3 Å². The van der Waals surface area contributed by atoms with Crippen LogP contribution in [0.5, 0.6) is 0 Å². The van der Waals surface area contributed by atoms with Gasteiger partial charge >= 0.3 is 12.0 Å². The summed E-state index contributed by atoms with van der Waals surface area (Å²) in [4.78, 5) is 65.4. The van der Waals surface area contributed by atoms with Gasteiger partial charge < -0.3 is 30.2 Å². The number of nitrogens with one attached hydrogen (secondary N) is 3. The Morgan fingerprint density at radius 1 is 0.863 bits per heavy atom. The van der Waals surface area contributed by atoms with Gasteiger partial charge in [0, 0.05) is 68.4 Å². The maximum absolute atomic E-state index is 14.2. The molecule has 2 aromatic heterocycles. The number of nitrogens with zero attached hydrogens (tertiary/aromatic N) is 4. The summed E-state index contributed by atoms with van der Waals surface area (Å²) in [7, 11) is 1.90. The van der Waals surface area contributed by atoms with Crippen molar-refractivity contribution in [2.75, 3.05) is 26.3 Å². The summed E-state index contributed by atoms with van der Waals surface area (Å²) in [5.74, 6) is -1.79. The highest BCUT2D eigenvalue weighted by molar-refractivity contribution is 5.94. The molecule has 0 spiro atoms. The van der Waals surface area contributed by atoms with Crippen LogP contribution in [0.2, 0.25) is 0 Å². The quantitative estimate of drug-likeness (QED) is 0.0791. The molecule has 1 fully saturated rings. The molecule has 0 aliphatic carbocycles. The second-order valence-corrected chi connectivity index (χ2v) is 13.3. The molecule has 1 aliphatic rings. The molecular formula is C36H51N7O8.